The monoisotopic (exact) mass is 361 g/mol. The van der Waals surface area contributed by atoms with Crippen molar-refractivity contribution in [1.82, 2.24) is 15.1 Å². The summed E-state index contributed by atoms with van der Waals surface area (Å²) in [5.41, 5.74) is 0.610. The van der Waals surface area contributed by atoms with Gasteiger partial charge in [-0.05, 0) is 70.6 Å². The molecule has 6 nitrogen and oxygen atoms in total. The van der Waals surface area contributed by atoms with Crippen LogP contribution in [0.4, 0.5) is 0 Å². The average molecular weight is 361 g/mol. The van der Waals surface area contributed by atoms with E-state index in [-0.39, 0.29) is 11.9 Å². The van der Waals surface area contributed by atoms with Crippen molar-refractivity contribution in [3.8, 4) is 11.5 Å². The zero-order chi connectivity index (χ0) is 18.5. The molecule has 2 fully saturated rings. The lowest BCUT2D eigenvalue weighted by Crippen LogP contribution is -2.53. The zero-order valence-corrected chi connectivity index (χ0v) is 16.2. The summed E-state index contributed by atoms with van der Waals surface area (Å²) < 4.78 is 10.5. The van der Waals surface area contributed by atoms with E-state index >= 15 is 0 Å². The molecular formula is C20H31N3O3. The van der Waals surface area contributed by atoms with Crippen LogP contribution < -0.4 is 14.8 Å². The van der Waals surface area contributed by atoms with E-state index in [0.717, 1.165) is 25.9 Å². The second-order valence-corrected chi connectivity index (χ2v) is 7.41. The van der Waals surface area contributed by atoms with Gasteiger partial charge >= 0.3 is 0 Å². The Kier molecular flexibility index (Phi) is 6.38. The van der Waals surface area contributed by atoms with Crippen molar-refractivity contribution in [3.63, 3.8) is 0 Å². The smallest absolute Gasteiger partial charge is 0.251 e. The molecule has 1 atom stereocenters. The van der Waals surface area contributed by atoms with Crippen molar-refractivity contribution in [2.45, 2.75) is 37.8 Å². The summed E-state index contributed by atoms with van der Waals surface area (Å²) in [6.07, 6.45) is 4.64. The van der Waals surface area contributed by atoms with E-state index in [2.05, 4.69) is 22.2 Å². The maximum Gasteiger partial charge on any atom is 0.251 e. The Bertz CT molecular complexity index is 614. The Morgan fingerprint density at radius 3 is 2.50 bits per heavy atom. The number of methoxy groups -OCH3 is 2. The maximum absolute atomic E-state index is 12.7. The van der Waals surface area contributed by atoms with Gasteiger partial charge in [0.25, 0.3) is 5.91 Å². The molecule has 2 aliphatic rings. The fourth-order valence-corrected chi connectivity index (χ4v) is 4.06. The molecule has 0 aliphatic carbocycles. The molecular weight excluding hydrogens is 330 g/mol. The molecule has 1 amide bonds. The summed E-state index contributed by atoms with van der Waals surface area (Å²) in [5, 5.41) is 3.21. The van der Waals surface area contributed by atoms with Crippen molar-refractivity contribution in [1.29, 1.82) is 0 Å². The van der Waals surface area contributed by atoms with Crippen LogP contribution in [-0.4, -0.2) is 75.2 Å². The lowest BCUT2D eigenvalue weighted by atomic mass is 9.98. The molecule has 6 heteroatoms. The van der Waals surface area contributed by atoms with Crippen LogP contribution in [0, 0.1) is 0 Å². The first kappa shape index (κ1) is 19.0. The van der Waals surface area contributed by atoms with Crippen LogP contribution in [0.5, 0.6) is 11.5 Å². The minimum Gasteiger partial charge on any atom is -0.493 e. The van der Waals surface area contributed by atoms with Crippen LogP contribution in [0.2, 0.25) is 0 Å². The predicted molar refractivity (Wildman–Crippen MR) is 102 cm³/mol. The van der Waals surface area contributed by atoms with Gasteiger partial charge in [0.05, 0.1) is 14.2 Å². The first-order valence-corrected chi connectivity index (χ1v) is 9.56. The summed E-state index contributed by atoms with van der Waals surface area (Å²) in [6, 6.07) is 6.18. The molecule has 0 bridgehead atoms. The minimum absolute atomic E-state index is 0.0406. The molecule has 1 N–H and O–H groups in total. The van der Waals surface area contributed by atoms with Crippen molar-refractivity contribution in [3.05, 3.63) is 23.8 Å². The number of likely N-dealkylation sites (tertiary alicyclic amines) is 2. The largest absolute Gasteiger partial charge is 0.493 e. The molecule has 0 unspecified atom stereocenters. The van der Waals surface area contributed by atoms with Gasteiger partial charge in [0.1, 0.15) is 0 Å². The topological polar surface area (TPSA) is 54.0 Å². The molecule has 0 aromatic heterocycles. The molecule has 2 saturated heterocycles. The third-order valence-corrected chi connectivity index (χ3v) is 5.64. The highest BCUT2D eigenvalue weighted by atomic mass is 16.5. The molecule has 3 rings (SSSR count). The second kappa shape index (κ2) is 8.73. The number of amides is 1. The molecule has 0 saturated carbocycles. The van der Waals surface area contributed by atoms with E-state index in [1.165, 1.54) is 25.9 Å². The average Bonchev–Trinajstić information content (AvgIpc) is 2.68. The summed E-state index contributed by atoms with van der Waals surface area (Å²) in [4.78, 5) is 17.7. The van der Waals surface area contributed by atoms with Crippen LogP contribution >= 0.6 is 0 Å². The van der Waals surface area contributed by atoms with E-state index in [4.69, 9.17) is 9.47 Å². The van der Waals surface area contributed by atoms with Crippen LogP contribution in [-0.2, 0) is 0 Å². The molecule has 0 spiro atoms. The Hall–Kier alpha value is -1.79. The second-order valence-electron chi connectivity index (χ2n) is 7.41. The molecule has 0 radical (unpaired) electrons. The number of carbonyl (C=O) groups excluding carboxylic acids is 1. The van der Waals surface area contributed by atoms with E-state index < -0.39 is 0 Å². The summed E-state index contributed by atoms with van der Waals surface area (Å²) in [5.74, 6) is 1.17. The first-order valence-electron chi connectivity index (χ1n) is 9.56. The highest BCUT2D eigenvalue weighted by Crippen LogP contribution is 2.27. The lowest BCUT2D eigenvalue weighted by molar-refractivity contribution is 0.0766. The first-order chi connectivity index (χ1) is 12.6. The standard InChI is InChI=1S/C20H31N3O3/c1-22-11-8-17(9-12-22)23-10-4-5-16(14-23)21-20(24)15-6-7-18(25-2)19(13-15)26-3/h6-7,13,16-17H,4-5,8-12,14H2,1-3H3,(H,21,24)/t16-/m1/s1. The summed E-state index contributed by atoms with van der Waals surface area (Å²) in [6.45, 7) is 4.44. The SMILES string of the molecule is COc1ccc(C(=O)N[C@@H]2CCCN(C3CCN(C)CC3)C2)cc1OC. The van der Waals surface area contributed by atoms with Gasteiger partial charge in [0.2, 0.25) is 0 Å². The van der Waals surface area contributed by atoms with E-state index in [1.807, 2.05) is 0 Å². The lowest BCUT2D eigenvalue weighted by Gasteiger charge is -2.41. The number of nitrogens with one attached hydrogen (secondary N) is 1. The fraction of sp³-hybridized carbons (Fsp3) is 0.650. The molecule has 1 aromatic carbocycles. The number of carbonyl (C=O) groups is 1. The van der Waals surface area contributed by atoms with Crippen molar-refractivity contribution < 1.29 is 14.3 Å². The Labute approximate surface area is 156 Å². The third kappa shape index (κ3) is 4.48. The zero-order valence-electron chi connectivity index (χ0n) is 16.2. The van der Waals surface area contributed by atoms with Gasteiger partial charge < -0.3 is 19.7 Å². The number of rotatable bonds is 5. The van der Waals surface area contributed by atoms with Gasteiger partial charge in [0.15, 0.2) is 11.5 Å². The van der Waals surface area contributed by atoms with Crippen molar-refractivity contribution in [2.24, 2.45) is 0 Å². The van der Waals surface area contributed by atoms with E-state index in [0.29, 0.717) is 23.1 Å². The number of nitrogens with zero attached hydrogens (tertiary/aromatic N) is 2. The summed E-state index contributed by atoms with van der Waals surface area (Å²) >= 11 is 0. The van der Waals surface area contributed by atoms with Crippen molar-refractivity contribution >= 4 is 5.91 Å². The Morgan fingerprint density at radius 1 is 1.08 bits per heavy atom. The molecule has 1 aromatic rings. The molecule has 144 valence electrons. The minimum atomic E-state index is -0.0406. The van der Waals surface area contributed by atoms with Crippen molar-refractivity contribution in [2.75, 3.05) is 47.4 Å². The molecule has 2 aliphatic heterocycles. The Balaban J connectivity index is 1.58. The normalized spacial score (nSPS) is 22.8. The van der Waals surface area contributed by atoms with Crippen LogP contribution in [0.1, 0.15) is 36.0 Å². The number of benzene rings is 1. The summed E-state index contributed by atoms with van der Waals surface area (Å²) in [7, 11) is 5.37. The predicted octanol–water partition coefficient (Wildman–Crippen LogP) is 1.99. The quantitative estimate of drug-likeness (QED) is 0.869. The third-order valence-electron chi connectivity index (χ3n) is 5.64. The van der Waals surface area contributed by atoms with Gasteiger partial charge in [-0.25, -0.2) is 0 Å². The van der Waals surface area contributed by atoms with Gasteiger partial charge in [0, 0.05) is 24.2 Å². The number of hydrogen-bond donors (Lipinski definition) is 1. The van der Waals surface area contributed by atoms with E-state index in [1.54, 1.807) is 32.4 Å². The number of ether oxygens (including phenoxy) is 2. The highest BCUT2D eigenvalue weighted by Gasteiger charge is 2.29. The van der Waals surface area contributed by atoms with Gasteiger partial charge in [-0.1, -0.05) is 0 Å². The molecule has 26 heavy (non-hydrogen) atoms. The number of piperidine rings is 2. The van der Waals surface area contributed by atoms with E-state index in [9.17, 15) is 4.79 Å². The Morgan fingerprint density at radius 2 is 1.81 bits per heavy atom. The molecule has 2 heterocycles. The van der Waals surface area contributed by atoms with Gasteiger partial charge in [-0.2, -0.15) is 0 Å². The van der Waals surface area contributed by atoms with Gasteiger partial charge in [-0.3, -0.25) is 9.69 Å². The van der Waals surface area contributed by atoms with Crippen LogP contribution in [0.15, 0.2) is 18.2 Å². The van der Waals surface area contributed by atoms with Crippen LogP contribution in [0.3, 0.4) is 0 Å². The van der Waals surface area contributed by atoms with Crippen LogP contribution in [0.25, 0.3) is 0 Å². The maximum atomic E-state index is 12.7. The number of hydrogen-bond acceptors (Lipinski definition) is 5. The van der Waals surface area contributed by atoms with Gasteiger partial charge in [-0.15, -0.1) is 0 Å². The fourth-order valence-electron chi connectivity index (χ4n) is 4.06. The highest BCUT2D eigenvalue weighted by molar-refractivity contribution is 5.95.